The van der Waals surface area contributed by atoms with E-state index in [0.717, 1.165) is 25.7 Å². The van der Waals surface area contributed by atoms with Crippen LogP contribution in [0.2, 0.25) is 0 Å². The van der Waals surface area contributed by atoms with Crippen molar-refractivity contribution in [3.05, 3.63) is 0 Å². The van der Waals surface area contributed by atoms with Crippen molar-refractivity contribution in [3.8, 4) is 0 Å². The van der Waals surface area contributed by atoms with Crippen LogP contribution in [0.1, 0.15) is 117 Å². The van der Waals surface area contributed by atoms with Crippen LogP contribution in [-0.2, 0) is 28.7 Å². The molecule has 0 aliphatic rings. The number of esters is 2. The monoisotopic (exact) mass is 504 g/mol. The number of carboxylic acid groups (broad SMARTS) is 2. The Kier molecular flexibility index (Phi) is 39.7. The van der Waals surface area contributed by atoms with E-state index >= 15 is 0 Å². The second-order valence-corrected chi connectivity index (χ2v) is 7.72. The molecule has 0 saturated carbocycles. The second kappa shape index (κ2) is 32.9. The molecule has 0 amide bonds. The van der Waals surface area contributed by atoms with Gasteiger partial charge < -0.3 is 29.3 Å². The molecule has 0 aromatic carbocycles. The Morgan fingerprint density at radius 1 is 0.500 bits per heavy atom. The minimum atomic E-state index is -1.21. The molecular formula is C24H42Na2O8. The van der Waals surface area contributed by atoms with Crippen LogP contribution in [0.5, 0.6) is 0 Å². The van der Waals surface area contributed by atoms with Gasteiger partial charge in [-0.3, -0.25) is 9.59 Å². The van der Waals surface area contributed by atoms with Gasteiger partial charge in [0.15, 0.2) is 0 Å². The first-order chi connectivity index (χ1) is 15.3. The molecule has 0 aromatic heterocycles. The van der Waals surface area contributed by atoms with Crippen molar-refractivity contribution < 1.29 is 98.0 Å². The first-order valence-corrected chi connectivity index (χ1v) is 12.0. The maximum atomic E-state index is 11.0. The third-order valence-corrected chi connectivity index (χ3v) is 4.59. The van der Waals surface area contributed by atoms with Crippen LogP contribution < -0.4 is 69.3 Å². The molecule has 0 heterocycles. The first-order valence-electron chi connectivity index (χ1n) is 12.0. The fraction of sp³-hybridized carbons (Fsp3) is 0.833. The Morgan fingerprint density at radius 2 is 0.794 bits per heavy atom. The summed E-state index contributed by atoms with van der Waals surface area (Å²) in [6.07, 6.45) is 12.9. The van der Waals surface area contributed by atoms with Crippen LogP contribution >= 0.6 is 0 Å². The zero-order valence-electron chi connectivity index (χ0n) is 22.0. The van der Waals surface area contributed by atoms with Crippen molar-refractivity contribution in [2.24, 2.45) is 0 Å². The number of rotatable bonds is 20. The molecule has 0 aliphatic heterocycles. The van der Waals surface area contributed by atoms with Crippen LogP contribution in [0.4, 0.5) is 0 Å². The molecule has 0 unspecified atom stereocenters. The molecule has 0 bridgehead atoms. The molecule has 0 fully saturated rings. The summed E-state index contributed by atoms with van der Waals surface area (Å²) >= 11 is 0. The number of unbranched alkanes of at least 4 members (excludes halogenated alkanes) is 10. The molecule has 0 aliphatic carbocycles. The zero-order chi connectivity index (χ0) is 24.5. The Morgan fingerprint density at radius 3 is 1.09 bits per heavy atom. The van der Waals surface area contributed by atoms with Gasteiger partial charge in [0.05, 0.1) is 26.1 Å². The number of carbonyl (C=O) groups excluding carboxylic acids is 4. The van der Waals surface area contributed by atoms with Crippen LogP contribution in [0.25, 0.3) is 0 Å². The SMILES string of the molecule is CCCCCCCCOC(=O)CCC(=O)[O-].CCCCCCCCOC(=O)CCC(=O)[O-].[Na+].[Na+]. The standard InChI is InChI=1S/2C12H22O4.2Na/c2*1-2-3-4-5-6-7-10-16-12(15)9-8-11(13)14;;/h2*2-10H2,1H3,(H,13,14);;/q;;2*+1/p-2. The van der Waals surface area contributed by atoms with E-state index in [1.807, 2.05) is 0 Å². The Bertz CT molecular complexity index is 457. The third kappa shape index (κ3) is 39.1. The molecule has 0 aromatic rings. The minimum Gasteiger partial charge on any atom is -0.550 e. The number of ether oxygens (including phenoxy) is 2. The molecule has 10 heteroatoms. The summed E-state index contributed by atoms with van der Waals surface area (Å²) in [6, 6.07) is 0. The average Bonchev–Trinajstić information content (AvgIpc) is 2.75. The number of aliphatic carboxylic acids is 2. The molecule has 8 nitrogen and oxygen atoms in total. The fourth-order valence-corrected chi connectivity index (χ4v) is 2.69. The topological polar surface area (TPSA) is 133 Å². The van der Waals surface area contributed by atoms with Crippen LogP contribution in [0.15, 0.2) is 0 Å². The van der Waals surface area contributed by atoms with Gasteiger partial charge in [0.1, 0.15) is 0 Å². The molecule has 188 valence electrons. The summed E-state index contributed by atoms with van der Waals surface area (Å²) in [5, 5.41) is 20.1. The van der Waals surface area contributed by atoms with E-state index in [1.165, 1.54) is 51.4 Å². The number of hydrogen-bond acceptors (Lipinski definition) is 8. The number of carboxylic acids is 2. The molecule has 0 atom stereocenters. The van der Waals surface area contributed by atoms with Gasteiger partial charge in [-0.1, -0.05) is 78.1 Å². The summed E-state index contributed by atoms with van der Waals surface area (Å²) in [4.78, 5) is 42.1. The van der Waals surface area contributed by atoms with E-state index in [2.05, 4.69) is 13.8 Å². The van der Waals surface area contributed by atoms with Crippen LogP contribution in [-0.4, -0.2) is 37.1 Å². The second-order valence-electron chi connectivity index (χ2n) is 7.72. The van der Waals surface area contributed by atoms with E-state index in [9.17, 15) is 29.4 Å². The maximum absolute atomic E-state index is 11.0. The van der Waals surface area contributed by atoms with Gasteiger partial charge in [0, 0.05) is 11.9 Å². The average molecular weight is 505 g/mol. The fourth-order valence-electron chi connectivity index (χ4n) is 2.69. The van der Waals surface area contributed by atoms with Crippen molar-refractivity contribution >= 4 is 23.9 Å². The Balaban J connectivity index is -0.000000250. The first kappa shape index (κ1) is 41.0. The molecular weight excluding hydrogens is 462 g/mol. The summed E-state index contributed by atoms with van der Waals surface area (Å²) in [5.41, 5.74) is 0. The predicted molar refractivity (Wildman–Crippen MR) is 117 cm³/mol. The van der Waals surface area contributed by atoms with E-state index in [-0.39, 0.29) is 84.8 Å². The van der Waals surface area contributed by atoms with Crippen molar-refractivity contribution in [2.45, 2.75) is 117 Å². The summed E-state index contributed by atoms with van der Waals surface area (Å²) < 4.78 is 9.74. The molecule has 0 rings (SSSR count). The zero-order valence-corrected chi connectivity index (χ0v) is 26.0. The van der Waals surface area contributed by atoms with E-state index in [0.29, 0.717) is 13.2 Å². The third-order valence-electron chi connectivity index (χ3n) is 4.59. The van der Waals surface area contributed by atoms with E-state index in [1.54, 1.807) is 0 Å². The van der Waals surface area contributed by atoms with Crippen LogP contribution in [0.3, 0.4) is 0 Å². The van der Waals surface area contributed by atoms with E-state index < -0.39 is 23.9 Å². The van der Waals surface area contributed by atoms with Crippen molar-refractivity contribution in [2.75, 3.05) is 13.2 Å². The summed E-state index contributed by atoms with van der Waals surface area (Å²) in [6.45, 7) is 5.13. The maximum Gasteiger partial charge on any atom is 1.00 e. The molecule has 0 saturated heterocycles. The van der Waals surface area contributed by atoms with Crippen LogP contribution in [0, 0.1) is 0 Å². The Hall–Kier alpha value is -0.120. The molecule has 0 N–H and O–H groups in total. The summed E-state index contributed by atoms with van der Waals surface area (Å²) in [5.74, 6) is -3.32. The van der Waals surface area contributed by atoms with Gasteiger partial charge in [0.25, 0.3) is 0 Å². The van der Waals surface area contributed by atoms with Gasteiger partial charge in [0.2, 0.25) is 0 Å². The number of carbonyl (C=O) groups is 4. The molecule has 0 radical (unpaired) electrons. The van der Waals surface area contributed by atoms with Crippen molar-refractivity contribution in [1.82, 2.24) is 0 Å². The van der Waals surface area contributed by atoms with E-state index in [4.69, 9.17) is 9.47 Å². The minimum absolute atomic E-state index is 0. The van der Waals surface area contributed by atoms with Crippen molar-refractivity contribution in [1.29, 1.82) is 0 Å². The Labute approximate surface area is 249 Å². The molecule has 0 spiro atoms. The van der Waals surface area contributed by atoms with Gasteiger partial charge in [-0.25, -0.2) is 0 Å². The van der Waals surface area contributed by atoms with Crippen molar-refractivity contribution in [3.63, 3.8) is 0 Å². The molecule has 34 heavy (non-hydrogen) atoms. The predicted octanol–water partition coefficient (Wildman–Crippen LogP) is -3.15. The van der Waals surface area contributed by atoms with Gasteiger partial charge in [-0.05, 0) is 25.7 Å². The van der Waals surface area contributed by atoms with Gasteiger partial charge in [-0.15, -0.1) is 0 Å². The smallest absolute Gasteiger partial charge is 0.550 e. The summed E-state index contributed by atoms with van der Waals surface area (Å²) in [7, 11) is 0. The number of hydrogen-bond donors (Lipinski definition) is 0. The normalized spacial score (nSPS) is 9.47. The quantitative estimate of drug-likeness (QED) is 0.0965. The van der Waals surface area contributed by atoms with Gasteiger partial charge >= 0.3 is 71.1 Å². The van der Waals surface area contributed by atoms with Gasteiger partial charge in [-0.2, -0.15) is 0 Å². The largest absolute Gasteiger partial charge is 1.00 e.